The first-order valence-electron chi connectivity index (χ1n) is 7.60. The summed E-state index contributed by atoms with van der Waals surface area (Å²) in [4.78, 5) is 23.9. The van der Waals surface area contributed by atoms with E-state index in [1.54, 1.807) is 42.5 Å². The summed E-state index contributed by atoms with van der Waals surface area (Å²) in [6.45, 7) is 3.80. The van der Waals surface area contributed by atoms with Crippen molar-refractivity contribution >= 4 is 11.7 Å². The van der Waals surface area contributed by atoms with E-state index in [0.29, 0.717) is 11.1 Å². The molecule has 0 radical (unpaired) electrons. The topological polar surface area (TPSA) is 77.8 Å². The molecule has 0 aliphatic rings. The molecule has 24 heavy (non-hydrogen) atoms. The maximum absolute atomic E-state index is 12.2. The van der Waals surface area contributed by atoms with Crippen molar-refractivity contribution < 1.29 is 19.9 Å². The van der Waals surface area contributed by atoms with Gasteiger partial charge in [0, 0.05) is 7.05 Å². The molecule has 126 valence electrons. The van der Waals surface area contributed by atoms with E-state index in [0.717, 1.165) is 18.2 Å². The number of ketones is 1. The van der Waals surface area contributed by atoms with Gasteiger partial charge in [-0.05, 0) is 25.0 Å². The molecule has 0 fully saturated rings. The second kappa shape index (κ2) is 6.95. The lowest BCUT2D eigenvalue weighted by molar-refractivity contribution is -0.166. The Hall–Kier alpha value is -2.50. The maximum atomic E-state index is 12.2. The van der Waals surface area contributed by atoms with Crippen LogP contribution in [0.2, 0.25) is 0 Å². The zero-order valence-electron chi connectivity index (χ0n) is 14.0. The Kier molecular flexibility index (Phi) is 5.17. The van der Waals surface area contributed by atoms with Crippen molar-refractivity contribution in [2.45, 2.75) is 25.9 Å². The molecule has 0 spiro atoms. The van der Waals surface area contributed by atoms with Crippen molar-refractivity contribution in [2.24, 2.45) is 0 Å². The number of nitrogens with zero attached hydrogens (tertiary/aromatic N) is 1. The van der Waals surface area contributed by atoms with Crippen LogP contribution in [-0.4, -0.2) is 34.1 Å². The number of benzene rings is 2. The lowest BCUT2D eigenvalue weighted by Crippen LogP contribution is -2.37. The van der Waals surface area contributed by atoms with Crippen LogP contribution in [0, 0.1) is 13.8 Å². The number of aliphatic hydroxyl groups is 1. The molecule has 1 amide bonds. The largest absolute Gasteiger partial charge is 0.380 e. The third-order valence-electron chi connectivity index (χ3n) is 3.90. The first-order chi connectivity index (χ1) is 11.2. The lowest BCUT2D eigenvalue weighted by Gasteiger charge is -2.29. The number of likely N-dealkylation sites (N-methyl/N-ethyl adjacent to an activating group) is 1. The van der Waals surface area contributed by atoms with Crippen LogP contribution in [0.3, 0.4) is 0 Å². The first-order valence-corrected chi connectivity index (χ1v) is 7.60. The average Bonchev–Trinajstić information content (AvgIpc) is 2.53. The molecule has 0 aliphatic heterocycles. The third kappa shape index (κ3) is 3.69. The van der Waals surface area contributed by atoms with E-state index in [2.05, 4.69) is 0 Å². The summed E-state index contributed by atoms with van der Waals surface area (Å²) in [5.74, 6) is -1.93. The fraction of sp³-hybridized carbons (Fsp3) is 0.263. The van der Waals surface area contributed by atoms with Crippen LogP contribution in [0.5, 0.6) is 0 Å². The number of Topliss-reactive ketones (excluding diaryl/α,β-unsaturated/α-hetero) is 1. The first kappa shape index (κ1) is 17.8. The van der Waals surface area contributed by atoms with E-state index in [1.165, 1.54) is 0 Å². The van der Waals surface area contributed by atoms with Gasteiger partial charge in [-0.15, -0.1) is 0 Å². The summed E-state index contributed by atoms with van der Waals surface area (Å²) in [5, 5.41) is 20.8. The van der Waals surface area contributed by atoms with Crippen molar-refractivity contribution in [1.29, 1.82) is 0 Å². The predicted octanol–water partition coefficient (Wildman–Crippen LogP) is 2.35. The Labute approximate surface area is 141 Å². The van der Waals surface area contributed by atoms with E-state index >= 15 is 0 Å². The minimum atomic E-state index is -1.65. The fourth-order valence-corrected chi connectivity index (χ4v) is 2.79. The van der Waals surface area contributed by atoms with Gasteiger partial charge >= 0.3 is 5.91 Å². The van der Waals surface area contributed by atoms with Gasteiger partial charge in [0.05, 0.1) is 6.42 Å². The molecule has 1 unspecified atom stereocenters. The zero-order chi connectivity index (χ0) is 17.9. The van der Waals surface area contributed by atoms with Crippen LogP contribution in [0.15, 0.2) is 48.5 Å². The van der Waals surface area contributed by atoms with Gasteiger partial charge in [0.15, 0.2) is 0 Å². The van der Waals surface area contributed by atoms with Gasteiger partial charge < -0.3 is 5.11 Å². The normalized spacial score (nSPS) is 13.2. The highest BCUT2D eigenvalue weighted by atomic mass is 16.5. The van der Waals surface area contributed by atoms with Crippen molar-refractivity contribution in [1.82, 2.24) is 5.06 Å². The van der Waals surface area contributed by atoms with Gasteiger partial charge in [-0.1, -0.05) is 59.7 Å². The van der Waals surface area contributed by atoms with Crippen LogP contribution >= 0.6 is 0 Å². The molecule has 5 nitrogen and oxygen atoms in total. The summed E-state index contributed by atoms with van der Waals surface area (Å²) in [5.41, 5.74) is 1.28. The van der Waals surface area contributed by atoms with Crippen molar-refractivity contribution in [3.63, 3.8) is 0 Å². The van der Waals surface area contributed by atoms with Gasteiger partial charge in [0.1, 0.15) is 5.60 Å². The van der Waals surface area contributed by atoms with Gasteiger partial charge in [0.25, 0.3) is 0 Å². The fourth-order valence-electron chi connectivity index (χ4n) is 2.79. The molecule has 1 atom stereocenters. The van der Waals surface area contributed by atoms with E-state index in [1.807, 2.05) is 19.9 Å². The molecule has 2 N–H and O–H groups in total. The van der Waals surface area contributed by atoms with Crippen LogP contribution in [0.1, 0.15) is 28.7 Å². The molecule has 5 heteroatoms. The van der Waals surface area contributed by atoms with Gasteiger partial charge in [0.2, 0.25) is 5.78 Å². The molecule has 2 rings (SSSR count). The molecule has 0 aromatic heterocycles. The van der Waals surface area contributed by atoms with Crippen LogP contribution in [0.4, 0.5) is 0 Å². The minimum Gasteiger partial charge on any atom is -0.380 e. The van der Waals surface area contributed by atoms with Crippen molar-refractivity contribution in [2.75, 3.05) is 7.05 Å². The Bertz CT molecular complexity index is 735. The van der Waals surface area contributed by atoms with Gasteiger partial charge in [-0.3, -0.25) is 14.8 Å². The van der Waals surface area contributed by atoms with Gasteiger partial charge in [-0.25, -0.2) is 5.06 Å². The number of carbonyl (C=O) groups excluding carboxylic acids is 2. The van der Waals surface area contributed by atoms with E-state index in [9.17, 15) is 19.9 Å². The molecule has 2 aromatic rings. The summed E-state index contributed by atoms with van der Waals surface area (Å²) >= 11 is 0. The summed E-state index contributed by atoms with van der Waals surface area (Å²) in [6.07, 6.45) is -0.455. The number of hydrogen-bond acceptors (Lipinski definition) is 4. The predicted molar refractivity (Wildman–Crippen MR) is 89.5 cm³/mol. The second-order valence-corrected chi connectivity index (χ2v) is 6.03. The minimum absolute atomic E-state index is 0.231. The number of hydroxylamine groups is 2. The zero-order valence-corrected chi connectivity index (χ0v) is 14.0. The SMILES string of the molecule is Cc1cc(C)cc(C(O)(CC(=O)C(=O)N(C)O)c2ccccc2)c1. The number of aryl methyl sites for hydroxylation is 2. The van der Waals surface area contributed by atoms with Crippen LogP contribution in [-0.2, 0) is 15.2 Å². The van der Waals surface area contributed by atoms with E-state index in [-0.39, 0.29) is 5.06 Å². The highest BCUT2D eigenvalue weighted by Gasteiger charge is 2.37. The Balaban J connectivity index is 2.54. The summed E-state index contributed by atoms with van der Waals surface area (Å²) < 4.78 is 0. The van der Waals surface area contributed by atoms with Crippen molar-refractivity contribution in [3.8, 4) is 0 Å². The Morgan fingerprint density at radius 3 is 2.04 bits per heavy atom. The van der Waals surface area contributed by atoms with Crippen LogP contribution in [0.25, 0.3) is 0 Å². The number of carbonyl (C=O) groups is 2. The summed E-state index contributed by atoms with van der Waals surface area (Å²) in [6, 6.07) is 14.3. The molecular weight excluding hydrogens is 306 g/mol. The Morgan fingerprint density at radius 1 is 1.00 bits per heavy atom. The Morgan fingerprint density at radius 2 is 1.54 bits per heavy atom. The van der Waals surface area contributed by atoms with Crippen molar-refractivity contribution in [3.05, 3.63) is 70.8 Å². The molecule has 0 aliphatic carbocycles. The van der Waals surface area contributed by atoms with Crippen LogP contribution < -0.4 is 0 Å². The third-order valence-corrected chi connectivity index (χ3v) is 3.90. The maximum Gasteiger partial charge on any atom is 0.313 e. The lowest BCUT2D eigenvalue weighted by atomic mass is 9.81. The number of hydrogen-bond donors (Lipinski definition) is 2. The summed E-state index contributed by atoms with van der Waals surface area (Å²) in [7, 11) is 1.08. The standard InChI is InChI=1S/C19H21NO4/c1-13-9-14(2)11-16(10-13)19(23,15-7-5-4-6-8-15)12-17(21)18(22)20(3)24/h4-11,23-24H,12H2,1-3H3. The molecule has 0 saturated heterocycles. The quantitative estimate of drug-likeness (QED) is 0.502. The number of rotatable bonds is 5. The molecule has 2 aromatic carbocycles. The molecular formula is C19H21NO4. The second-order valence-electron chi connectivity index (χ2n) is 6.03. The van der Waals surface area contributed by atoms with E-state index < -0.39 is 23.7 Å². The average molecular weight is 327 g/mol. The van der Waals surface area contributed by atoms with E-state index in [4.69, 9.17) is 0 Å². The highest BCUT2D eigenvalue weighted by molar-refractivity contribution is 6.35. The highest BCUT2D eigenvalue weighted by Crippen LogP contribution is 2.34. The molecule has 0 saturated carbocycles. The number of amides is 1. The van der Waals surface area contributed by atoms with Gasteiger partial charge in [-0.2, -0.15) is 0 Å². The molecule has 0 bridgehead atoms. The molecule has 0 heterocycles. The smallest absolute Gasteiger partial charge is 0.313 e. The monoisotopic (exact) mass is 327 g/mol.